The summed E-state index contributed by atoms with van der Waals surface area (Å²) in [5, 5.41) is 14.9. The molecule has 0 aliphatic carbocycles. The molecule has 4 bridgehead atoms. The van der Waals surface area contributed by atoms with Crippen molar-refractivity contribution >= 4 is 68.5 Å². The molecular formula is C42H60ClN3O11S2. The zero-order chi connectivity index (χ0) is 43.8. The highest BCUT2D eigenvalue weighted by atomic mass is 35.5. The van der Waals surface area contributed by atoms with Crippen molar-refractivity contribution in [3.8, 4) is 5.75 Å². The highest BCUT2D eigenvalue weighted by molar-refractivity contribution is 8.76. The first-order valence-electron chi connectivity index (χ1n) is 19.8. The Morgan fingerprint density at radius 3 is 2.56 bits per heavy atom. The van der Waals surface area contributed by atoms with Crippen molar-refractivity contribution in [2.24, 2.45) is 5.92 Å². The minimum atomic E-state index is -1.59. The number of esters is 2. The van der Waals surface area contributed by atoms with Crippen LogP contribution in [0.15, 0.2) is 35.9 Å². The number of hydrogen-bond donors (Lipinski definition) is 2. The number of aliphatic hydroxyl groups is 1. The molecule has 2 fully saturated rings. The van der Waals surface area contributed by atoms with Crippen LogP contribution in [0.2, 0.25) is 5.02 Å². The van der Waals surface area contributed by atoms with Gasteiger partial charge < -0.3 is 43.9 Å². The molecule has 0 radical (unpaired) electrons. The van der Waals surface area contributed by atoms with Gasteiger partial charge >= 0.3 is 11.9 Å². The lowest BCUT2D eigenvalue weighted by atomic mass is 9.78. The fraction of sp³-hybridized carbons (Fsp3) is 0.643. The van der Waals surface area contributed by atoms with Crippen LogP contribution in [-0.2, 0) is 49.3 Å². The second kappa shape index (κ2) is 21.0. The normalized spacial score (nSPS) is 29.8. The predicted molar refractivity (Wildman–Crippen MR) is 229 cm³/mol. The molecule has 0 aromatic heterocycles. The maximum Gasteiger partial charge on any atom is 0.328 e. The summed E-state index contributed by atoms with van der Waals surface area (Å²) in [6, 6.07) is 2.59. The number of amides is 3. The third kappa shape index (κ3) is 12.2. The predicted octanol–water partition coefficient (Wildman–Crippen LogP) is 5.45. The van der Waals surface area contributed by atoms with Crippen LogP contribution in [0.1, 0.15) is 78.7 Å². The first-order chi connectivity index (χ1) is 27.8. The Morgan fingerprint density at radius 2 is 1.90 bits per heavy atom. The lowest BCUT2D eigenvalue weighted by Gasteiger charge is -2.41. The van der Waals surface area contributed by atoms with Gasteiger partial charge in [-0.2, -0.15) is 0 Å². The molecule has 0 spiro atoms. The van der Waals surface area contributed by atoms with E-state index in [1.165, 1.54) is 41.9 Å². The second-order valence-corrected chi connectivity index (χ2v) is 19.2. The number of carbonyl (C=O) groups excluding carboxylic acids is 5. The molecule has 2 N–H and O–H groups in total. The van der Waals surface area contributed by atoms with Crippen molar-refractivity contribution in [3.63, 3.8) is 0 Å². The number of likely N-dealkylation sites (N-methyl/N-ethyl adjacent to an activating group) is 1. The van der Waals surface area contributed by atoms with Gasteiger partial charge in [0.1, 0.15) is 46.3 Å². The van der Waals surface area contributed by atoms with Crippen LogP contribution in [0, 0.1) is 5.92 Å². The van der Waals surface area contributed by atoms with E-state index in [4.69, 9.17) is 35.3 Å². The molecule has 59 heavy (non-hydrogen) atoms. The lowest BCUT2D eigenvalue weighted by Crippen LogP contribution is -2.53. The molecule has 3 amide bonds. The molecule has 0 saturated carbocycles. The van der Waals surface area contributed by atoms with Gasteiger partial charge in [-0.1, -0.05) is 70.8 Å². The third-order valence-corrected chi connectivity index (χ3v) is 14.8. The SMILES string of the molecule is CNC(=O)CCC(C)SSCCC(=O)N(C)[C@H](C)C(=O)O[C@@H]1CC(=O)N(C)c2cc(cc(OC)c2Cl)C/C(C)=C/C=C/C(OC)[C@@]2(O)CC(=O)O[C@H](C2)[C@H](C)[C@H]2O[C@@]21C. The first kappa shape index (κ1) is 48.4. The minimum absolute atomic E-state index is 0.0170. The number of halogens is 1. The van der Waals surface area contributed by atoms with Crippen LogP contribution in [-0.4, -0.2) is 128 Å². The van der Waals surface area contributed by atoms with Crippen molar-refractivity contribution in [1.29, 1.82) is 0 Å². The summed E-state index contributed by atoms with van der Waals surface area (Å²) >= 11 is 6.79. The molecule has 2 unspecified atom stereocenters. The number of rotatable bonds is 13. The van der Waals surface area contributed by atoms with Crippen LogP contribution >= 0.6 is 33.2 Å². The molecule has 328 valence electrons. The summed E-state index contributed by atoms with van der Waals surface area (Å²) in [6.45, 7) is 9.08. The van der Waals surface area contributed by atoms with Crippen LogP contribution in [0.3, 0.4) is 0 Å². The number of anilines is 1. The Labute approximate surface area is 360 Å². The van der Waals surface area contributed by atoms with E-state index in [9.17, 15) is 29.1 Å². The molecule has 4 rings (SSSR count). The van der Waals surface area contributed by atoms with Gasteiger partial charge in [-0.3, -0.25) is 19.2 Å². The number of nitrogens with one attached hydrogen (secondary N) is 1. The molecule has 2 saturated heterocycles. The summed E-state index contributed by atoms with van der Waals surface area (Å²) in [4.78, 5) is 68.7. The Kier molecular flexibility index (Phi) is 17.2. The van der Waals surface area contributed by atoms with Gasteiger partial charge in [0.2, 0.25) is 17.7 Å². The van der Waals surface area contributed by atoms with Crippen LogP contribution in [0.5, 0.6) is 5.75 Å². The van der Waals surface area contributed by atoms with Gasteiger partial charge in [-0.25, -0.2) is 4.79 Å². The number of allylic oxidation sites excluding steroid dienone is 3. The number of ether oxygens (including phenoxy) is 5. The van der Waals surface area contributed by atoms with Crippen molar-refractivity contribution in [2.75, 3.05) is 46.0 Å². The fourth-order valence-corrected chi connectivity index (χ4v) is 10.1. The zero-order valence-corrected chi connectivity index (χ0v) is 38.1. The average Bonchev–Trinajstić information content (AvgIpc) is 3.90. The highest BCUT2D eigenvalue weighted by Gasteiger charge is 2.64. The van der Waals surface area contributed by atoms with Crippen LogP contribution < -0.4 is 15.0 Å². The van der Waals surface area contributed by atoms with Crippen molar-refractivity contribution < 1.29 is 52.8 Å². The van der Waals surface area contributed by atoms with Gasteiger partial charge in [0, 0.05) is 64.4 Å². The summed E-state index contributed by atoms with van der Waals surface area (Å²) in [5.74, 6) is -1.67. The maximum absolute atomic E-state index is 14.2. The first-order valence-corrected chi connectivity index (χ1v) is 22.6. The summed E-state index contributed by atoms with van der Waals surface area (Å²) in [6.07, 6.45) is 3.17. The molecule has 9 atom stereocenters. The summed E-state index contributed by atoms with van der Waals surface area (Å²) < 4.78 is 29.5. The number of hydrogen-bond acceptors (Lipinski definition) is 13. The van der Waals surface area contributed by atoms with E-state index in [1.807, 2.05) is 26.8 Å². The molecule has 3 aliphatic heterocycles. The molecule has 3 aliphatic rings. The average molecular weight is 883 g/mol. The smallest absolute Gasteiger partial charge is 0.328 e. The number of nitrogens with zero attached hydrogens (tertiary/aromatic N) is 2. The Morgan fingerprint density at radius 1 is 1.19 bits per heavy atom. The number of carbonyl (C=O) groups is 5. The topological polar surface area (TPSA) is 174 Å². The lowest BCUT2D eigenvalue weighted by molar-refractivity contribution is -0.187. The maximum atomic E-state index is 14.2. The van der Waals surface area contributed by atoms with E-state index in [2.05, 4.69) is 5.32 Å². The summed E-state index contributed by atoms with van der Waals surface area (Å²) in [5.41, 5.74) is -0.665. The Balaban J connectivity index is 1.61. The standard InChI is InChI=1S/C42H60ClN3O11S2/c1-24-12-11-13-32(54-10)42(52)22-31(55-37(50)23-42)26(3)39-41(5,57-39)33(21-36(49)46(8)29-19-28(18-24)20-30(53-9)38(29)43)56-40(51)27(4)45(7)35(48)16-17-58-59-25(2)14-15-34(47)44-6/h11-13,19-20,25-27,31-33,39,52H,14-18,21-23H2,1-10H3,(H,44,47)/b13-11+,24-12+/t25?,26-,27+,31+,32?,33+,39+,41+,42-/m0/s1. The van der Waals surface area contributed by atoms with Gasteiger partial charge in [0.15, 0.2) is 0 Å². The number of benzene rings is 1. The quantitative estimate of drug-likeness (QED) is 0.111. The molecule has 14 nitrogen and oxygen atoms in total. The second-order valence-electron chi connectivity index (χ2n) is 15.9. The third-order valence-electron chi connectivity index (χ3n) is 11.5. The Hall–Kier alpha value is -3.28. The van der Waals surface area contributed by atoms with Crippen molar-refractivity contribution in [2.45, 2.75) is 126 Å². The van der Waals surface area contributed by atoms with Crippen molar-refractivity contribution in [3.05, 3.63) is 46.5 Å². The van der Waals surface area contributed by atoms with E-state index in [0.29, 0.717) is 36.5 Å². The highest BCUT2D eigenvalue weighted by Crippen LogP contribution is 2.50. The summed E-state index contributed by atoms with van der Waals surface area (Å²) in [7, 11) is 10.8. The monoisotopic (exact) mass is 881 g/mol. The van der Waals surface area contributed by atoms with E-state index in [1.54, 1.807) is 63.0 Å². The Bertz CT molecular complexity index is 1780. The number of fused-ring (bicyclic) bond motifs is 5. The zero-order valence-electron chi connectivity index (χ0n) is 35.7. The molecule has 3 heterocycles. The molecule has 1 aromatic carbocycles. The van der Waals surface area contributed by atoms with Crippen LogP contribution in [0.4, 0.5) is 5.69 Å². The largest absolute Gasteiger partial charge is 0.495 e. The minimum Gasteiger partial charge on any atom is -0.495 e. The van der Waals surface area contributed by atoms with E-state index >= 15 is 0 Å². The fourth-order valence-electron chi connectivity index (χ4n) is 7.45. The molecular weight excluding hydrogens is 822 g/mol. The van der Waals surface area contributed by atoms with Gasteiger partial charge in [-0.15, -0.1) is 0 Å². The van der Waals surface area contributed by atoms with Gasteiger partial charge in [0.05, 0.1) is 31.7 Å². The van der Waals surface area contributed by atoms with E-state index < -0.39 is 65.4 Å². The number of epoxide rings is 1. The van der Waals surface area contributed by atoms with Crippen molar-refractivity contribution in [1.82, 2.24) is 10.2 Å². The van der Waals surface area contributed by atoms with Gasteiger partial charge in [-0.05, 0) is 51.3 Å². The molecule has 1 aromatic rings. The van der Waals surface area contributed by atoms with E-state index in [-0.39, 0.29) is 47.8 Å². The molecule has 17 heteroatoms. The van der Waals surface area contributed by atoms with E-state index in [0.717, 1.165) is 11.1 Å². The van der Waals surface area contributed by atoms with Gasteiger partial charge in [0.25, 0.3) is 0 Å². The van der Waals surface area contributed by atoms with Crippen LogP contribution in [0.25, 0.3) is 0 Å². The number of methoxy groups -OCH3 is 2.